The molecule has 0 unspecified atom stereocenters. The van der Waals surface area contributed by atoms with E-state index in [0.717, 1.165) is 0 Å². The van der Waals surface area contributed by atoms with Crippen LogP contribution < -0.4 is 10.1 Å². The van der Waals surface area contributed by atoms with Crippen LogP contribution in [0.25, 0.3) is 0 Å². The molecular weight excluding hydrogens is 262 g/mol. The minimum atomic E-state index is -0.296. The molecule has 2 aromatic heterocycles. The molecule has 1 amide bonds. The van der Waals surface area contributed by atoms with E-state index >= 15 is 0 Å². The van der Waals surface area contributed by atoms with Crippen LogP contribution in [0.5, 0.6) is 5.88 Å². The zero-order chi connectivity index (χ0) is 12.4. The quantitative estimate of drug-likeness (QED) is 0.933. The second-order valence-electron chi connectivity index (χ2n) is 3.29. The maximum atomic E-state index is 12.0. The van der Waals surface area contributed by atoms with Crippen LogP contribution in [0.3, 0.4) is 0 Å². The van der Waals surface area contributed by atoms with Crippen molar-refractivity contribution in [3.05, 3.63) is 27.5 Å². The lowest BCUT2D eigenvalue weighted by Gasteiger charge is -2.02. The van der Waals surface area contributed by atoms with Gasteiger partial charge in [0.1, 0.15) is 9.90 Å². The van der Waals surface area contributed by atoms with Gasteiger partial charge >= 0.3 is 0 Å². The Morgan fingerprint density at radius 1 is 1.65 bits per heavy atom. The minimum Gasteiger partial charge on any atom is -0.479 e. The van der Waals surface area contributed by atoms with Crippen molar-refractivity contribution >= 4 is 34.5 Å². The third-order valence-electron chi connectivity index (χ3n) is 2.10. The molecular formula is C10H10ClN3O2S. The largest absolute Gasteiger partial charge is 0.479 e. The summed E-state index contributed by atoms with van der Waals surface area (Å²) in [6, 6.07) is 1.74. The van der Waals surface area contributed by atoms with E-state index in [4.69, 9.17) is 16.3 Å². The Labute approximate surface area is 107 Å². The van der Waals surface area contributed by atoms with Gasteiger partial charge in [-0.2, -0.15) is 0 Å². The Morgan fingerprint density at radius 2 is 2.41 bits per heavy atom. The molecule has 0 fully saturated rings. The third kappa shape index (κ3) is 2.42. The monoisotopic (exact) mass is 271 g/mol. The summed E-state index contributed by atoms with van der Waals surface area (Å²) in [7, 11) is 3.19. The van der Waals surface area contributed by atoms with Gasteiger partial charge in [-0.15, -0.1) is 16.4 Å². The predicted molar refractivity (Wildman–Crippen MR) is 67.0 cm³/mol. The number of carbonyl (C=O) groups excluding carboxylic acids is 1. The summed E-state index contributed by atoms with van der Waals surface area (Å²) >= 11 is 7.26. The molecule has 7 heteroatoms. The van der Waals surface area contributed by atoms with Crippen LogP contribution >= 0.6 is 22.9 Å². The highest BCUT2D eigenvalue weighted by Gasteiger charge is 2.17. The number of hydrogen-bond acceptors (Lipinski definition) is 4. The zero-order valence-electron chi connectivity index (χ0n) is 9.23. The van der Waals surface area contributed by atoms with E-state index in [1.807, 2.05) is 0 Å². The van der Waals surface area contributed by atoms with Gasteiger partial charge in [0.2, 0.25) is 5.88 Å². The second-order valence-corrected chi connectivity index (χ2v) is 4.81. The number of nitrogens with zero attached hydrogens (tertiary/aromatic N) is 2. The van der Waals surface area contributed by atoms with Crippen LogP contribution in [0.1, 0.15) is 10.4 Å². The summed E-state index contributed by atoms with van der Waals surface area (Å²) in [4.78, 5) is 12.0. The predicted octanol–water partition coefficient (Wildman–Crippen LogP) is 2.40. The van der Waals surface area contributed by atoms with Crippen LogP contribution in [-0.4, -0.2) is 22.8 Å². The molecule has 0 atom stereocenters. The molecule has 2 rings (SSSR count). The van der Waals surface area contributed by atoms with E-state index in [9.17, 15) is 4.79 Å². The molecule has 5 nitrogen and oxygen atoms in total. The van der Waals surface area contributed by atoms with Crippen molar-refractivity contribution in [3.8, 4) is 5.88 Å². The lowest BCUT2D eigenvalue weighted by atomic mass is 10.3. The topological polar surface area (TPSA) is 56.2 Å². The second kappa shape index (κ2) is 4.77. The highest BCUT2D eigenvalue weighted by molar-refractivity contribution is 7.15. The molecule has 0 aliphatic carbocycles. The first-order valence-electron chi connectivity index (χ1n) is 4.74. The van der Waals surface area contributed by atoms with Crippen molar-refractivity contribution in [2.45, 2.75) is 0 Å². The number of rotatable bonds is 3. The van der Waals surface area contributed by atoms with E-state index in [0.29, 0.717) is 15.6 Å². The molecule has 17 heavy (non-hydrogen) atoms. The van der Waals surface area contributed by atoms with Gasteiger partial charge in [-0.3, -0.25) is 9.48 Å². The lowest BCUT2D eigenvalue weighted by molar-refractivity contribution is 0.102. The Morgan fingerprint density at radius 3 is 3.00 bits per heavy atom. The number of amides is 1. The van der Waals surface area contributed by atoms with E-state index in [-0.39, 0.29) is 11.8 Å². The summed E-state index contributed by atoms with van der Waals surface area (Å²) in [5, 5.41) is 8.51. The van der Waals surface area contributed by atoms with Gasteiger partial charge in [0.05, 0.1) is 12.8 Å². The lowest BCUT2D eigenvalue weighted by Crippen LogP contribution is -2.11. The van der Waals surface area contributed by atoms with Crippen LogP contribution in [-0.2, 0) is 7.05 Å². The molecule has 2 aromatic rings. The SMILES string of the molecule is COc1nn(C)cc1C(=O)Nc1ccsc1Cl. The van der Waals surface area contributed by atoms with E-state index in [2.05, 4.69) is 10.4 Å². The molecule has 0 aliphatic heterocycles. The number of thiophene rings is 1. The number of methoxy groups -OCH3 is 1. The van der Waals surface area contributed by atoms with Gasteiger partial charge in [-0.1, -0.05) is 11.6 Å². The molecule has 0 spiro atoms. The number of anilines is 1. The smallest absolute Gasteiger partial charge is 0.262 e. The normalized spacial score (nSPS) is 10.3. The number of halogens is 1. The maximum Gasteiger partial charge on any atom is 0.262 e. The fraction of sp³-hybridized carbons (Fsp3) is 0.200. The summed E-state index contributed by atoms with van der Waals surface area (Å²) in [5.41, 5.74) is 0.963. The summed E-state index contributed by atoms with van der Waals surface area (Å²) in [6.45, 7) is 0. The summed E-state index contributed by atoms with van der Waals surface area (Å²) in [6.07, 6.45) is 1.59. The number of carbonyl (C=O) groups is 1. The third-order valence-corrected chi connectivity index (χ3v) is 3.27. The molecule has 0 saturated heterocycles. The highest BCUT2D eigenvalue weighted by Crippen LogP contribution is 2.28. The molecule has 90 valence electrons. The van der Waals surface area contributed by atoms with Gasteiger partial charge in [0, 0.05) is 13.2 Å². The average Bonchev–Trinajstić information content (AvgIpc) is 2.85. The number of hydrogen-bond donors (Lipinski definition) is 1. The Hall–Kier alpha value is -1.53. The molecule has 0 saturated carbocycles. The number of aromatic nitrogens is 2. The van der Waals surface area contributed by atoms with Gasteiger partial charge in [0.15, 0.2) is 0 Å². The first-order chi connectivity index (χ1) is 8.11. The Kier molecular flexibility index (Phi) is 3.35. The van der Waals surface area contributed by atoms with Gasteiger partial charge in [0.25, 0.3) is 5.91 Å². The van der Waals surface area contributed by atoms with E-state index in [1.165, 1.54) is 23.1 Å². The molecule has 0 aliphatic rings. The summed E-state index contributed by atoms with van der Waals surface area (Å²) in [5.74, 6) is -0.00778. The summed E-state index contributed by atoms with van der Waals surface area (Å²) < 4.78 is 7.07. The van der Waals surface area contributed by atoms with E-state index < -0.39 is 0 Å². The first-order valence-corrected chi connectivity index (χ1v) is 5.99. The molecule has 0 aromatic carbocycles. The number of nitrogens with one attached hydrogen (secondary N) is 1. The fourth-order valence-corrected chi connectivity index (χ4v) is 2.18. The maximum absolute atomic E-state index is 12.0. The highest BCUT2D eigenvalue weighted by atomic mass is 35.5. The van der Waals surface area contributed by atoms with Crippen molar-refractivity contribution in [1.29, 1.82) is 0 Å². The van der Waals surface area contributed by atoms with Crippen molar-refractivity contribution in [2.75, 3.05) is 12.4 Å². The number of ether oxygens (including phenoxy) is 1. The van der Waals surface area contributed by atoms with Crippen molar-refractivity contribution in [3.63, 3.8) is 0 Å². The molecule has 0 radical (unpaired) electrons. The van der Waals surface area contributed by atoms with Crippen molar-refractivity contribution in [1.82, 2.24) is 9.78 Å². The van der Waals surface area contributed by atoms with Crippen molar-refractivity contribution in [2.24, 2.45) is 7.05 Å². The van der Waals surface area contributed by atoms with Crippen molar-refractivity contribution < 1.29 is 9.53 Å². The Balaban J connectivity index is 2.23. The van der Waals surface area contributed by atoms with Crippen LogP contribution in [0.4, 0.5) is 5.69 Å². The zero-order valence-corrected chi connectivity index (χ0v) is 10.8. The van der Waals surface area contributed by atoms with E-state index in [1.54, 1.807) is 24.7 Å². The van der Waals surface area contributed by atoms with Crippen LogP contribution in [0.15, 0.2) is 17.6 Å². The van der Waals surface area contributed by atoms with Crippen LogP contribution in [0.2, 0.25) is 4.34 Å². The van der Waals surface area contributed by atoms with Gasteiger partial charge in [-0.25, -0.2) is 0 Å². The first kappa shape index (κ1) is 11.9. The van der Waals surface area contributed by atoms with Crippen LogP contribution in [0, 0.1) is 0 Å². The molecule has 1 N–H and O–H groups in total. The standard InChI is InChI=1S/C10H10ClN3O2S/c1-14-5-6(10(13-14)16-2)9(15)12-7-3-4-17-8(7)11/h3-5H,1-2H3,(H,12,15). The minimum absolute atomic E-state index is 0.288. The Bertz CT molecular complexity index is 549. The van der Waals surface area contributed by atoms with Gasteiger partial charge in [-0.05, 0) is 11.4 Å². The van der Waals surface area contributed by atoms with Gasteiger partial charge < -0.3 is 10.1 Å². The average molecular weight is 272 g/mol. The fourth-order valence-electron chi connectivity index (χ4n) is 1.35. The molecule has 2 heterocycles. The number of aryl methyl sites for hydroxylation is 1. The molecule has 0 bridgehead atoms.